The van der Waals surface area contributed by atoms with Crippen molar-refractivity contribution in [3.63, 3.8) is 0 Å². The van der Waals surface area contributed by atoms with Crippen LogP contribution in [0.15, 0.2) is 104 Å². The summed E-state index contributed by atoms with van der Waals surface area (Å²) in [6, 6.07) is 26.9. The smallest absolute Gasteiger partial charge is 0.143 e. The highest BCUT2D eigenvalue weighted by molar-refractivity contribution is 7.80. The van der Waals surface area contributed by atoms with E-state index in [-0.39, 0.29) is 0 Å². The van der Waals surface area contributed by atoms with Crippen molar-refractivity contribution < 1.29 is 9.47 Å². The van der Waals surface area contributed by atoms with Crippen LogP contribution in [0.3, 0.4) is 0 Å². The van der Waals surface area contributed by atoms with Crippen LogP contribution in [0, 0.1) is 0 Å². The average Bonchev–Trinajstić information content (AvgIpc) is 2.89. The molecule has 5 aromatic rings. The molecule has 2 aromatic heterocycles. The molecule has 0 unspecified atom stereocenters. The lowest BCUT2D eigenvalue weighted by Crippen LogP contribution is -2.32. The van der Waals surface area contributed by atoms with Crippen LogP contribution in [0.2, 0.25) is 0 Å². The molecule has 5 heteroatoms. The van der Waals surface area contributed by atoms with E-state index < -0.39 is 7.92 Å². The first kappa shape index (κ1) is 18.6. The van der Waals surface area contributed by atoms with Crippen LogP contribution in [0.5, 0.6) is 23.0 Å². The summed E-state index contributed by atoms with van der Waals surface area (Å²) in [6.45, 7) is 0. The van der Waals surface area contributed by atoms with Gasteiger partial charge in [-0.05, 0) is 24.3 Å². The summed E-state index contributed by atoms with van der Waals surface area (Å²) in [5.41, 5.74) is 4.19. The van der Waals surface area contributed by atoms with Crippen LogP contribution in [0.1, 0.15) is 0 Å². The molecule has 3 aromatic carbocycles. The van der Waals surface area contributed by atoms with Crippen molar-refractivity contribution in [2.24, 2.45) is 0 Å². The molecule has 0 bridgehead atoms. The minimum atomic E-state index is -0.855. The summed E-state index contributed by atoms with van der Waals surface area (Å²) in [4.78, 5) is 8.65. The fourth-order valence-electron chi connectivity index (χ4n) is 4.59. The fourth-order valence-corrected chi connectivity index (χ4v) is 7.22. The van der Waals surface area contributed by atoms with Crippen molar-refractivity contribution in [2.45, 2.75) is 0 Å². The van der Waals surface area contributed by atoms with Crippen LogP contribution < -0.4 is 25.4 Å². The van der Waals surface area contributed by atoms with E-state index >= 15 is 0 Å². The third-order valence-electron chi connectivity index (χ3n) is 6.03. The second-order valence-corrected chi connectivity index (χ2v) is 10.0. The van der Waals surface area contributed by atoms with Crippen molar-refractivity contribution >= 4 is 23.8 Å². The van der Waals surface area contributed by atoms with Gasteiger partial charge in [0.2, 0.25) is 0 Å². The molecule has 0 aliphatic carbocycles. The van der Waals surface area contributed by atoms with Crippen LogP contribution in [0.25, 0.3) is 22.3 Å². The zero-order chi connectivity index (χ0) is 21.8. The quantitative estimate of drug-likeness (QED) is 0.317. The van der Waals surface area contributed by atoms with E-state index in [0.29, 0.717) is 0 Å². The molecule has 0 saturated carbocycles. The number of ether oxygens (including phenoxy) is 2. The van der Waals surface area contributed by atoms with Gasteiger partial charge < -0.3 is 9.47 Å². The zero-order valence-electron chi connectivity index (χ0n) is 17.5. The Bertz CT molecular complexity index is 1410. The van der Waals surface area contributed by atoms with Crippen LogP contribution >= 0.6 is 7.92 Å². The van der Waals surface area contributed by atoms with Gasteiger partial charge in [0.15, 0.2) is 0 Å². The van der Waals surface area contributed by atoms with E-state index in [4.69, 9.17) is 9.47 Å². The van der Waals surface area contributed by atoms with Gasteiger partial charge in [0.1, 0.15) is 23.0 Å². The highest BCUT2D eigenvalue weighted by atomic mass is 31.1. The molecule has 0 amide bonds. The Kier molecular flexibility index (Phi) is 4.08. The van der Waals surface area contributed by atoms with E-state index in [1.165, 1.54) is 10.6 Å². The van der Waals surface area contributed by atoms with Crippen LogP contribution in [-0.2, 0) is 0 Å². The zero-order valence-corrected chi connectivity index (χ0v) is 18.4. The number of nitrogens with zero attached hydrogens (tertiary/aromatic N) is 2. The van der Waals surface area contributed by atoms with Crippen molar-refractivity contribution in [1.82, 2.24) is 9.97 Å². The largest absolute Gasteiger partial charge is 0.455 e. The average molecular weight is 444 g/mol. The first-order valence-electron chi connectivity index (χ1n) is 10.7. The van der Waals surface area contributed by atoms with E-state index in [0.717, 1.165) is 50.6 Å². The molecule has 4 heterocycles. The lowest BCUT2D eigenvalue weighted by molar-refractivity contribution is 0.468. The lowest BCUT2D eigenvalue weighted by atomic mass is 10.1. The summed E-state index contributed by atoms with van der Waals surface area (Å²) in [5.74, 6) is 3.53. The molecule has 0 fully saturated rings. The third kappa shape index (κ3) is 2.81. The maximum absolute atomic E-state index is 6.54. The maximum atomic E-state index is 6.54. The molecule has 0 saturated heterocycles. The Morgan fingerprint density at radius 1 is 0.545 bits per heavy atom. The molecule has 0 spiro atoms. The Morgan fingerprint density at radius 2 is 1.06 bits per heavy atom. The highest BCUT2D eigenvalue weighted by Gasteiger charge is 2.38. The van der Waals surface area contributed by atoms with Crippen molar-refractivity contribution in [1.29, 1.82) is 0 Å². The summed E-state index contributed by atoms with van der Waals surface area (Å²) < 4.78 is 13.1. The second-order valence-electron chi connectivity index (χ2n) is 7.93. The van der Waals surface area contributed by atoms with Crippen molar-refractivity contribution in [2.75, 3.05) is 0 Å². The molecule has 2 aliphatic rings. The molecule has 0 N–H and O–H groups in total. The topological polar surface area (TPSA) is 44.2 Å². The van der Waals surface area contributed by atoms with Crippen LogP contribution in [0.4, 0.5) is 0 Å². The molecule has 7 rings (SSSR count). The van der Waals surface area contributed by atoms with Gasteiger partial charge in [-0.15, -0.1) is 0 Å². The summed E-state index contributed by atoms with van der Waals surface area (Å²) in [5, 5.41) is 3.53. The number of para-hydroxylation sites is 2. The standard InChI is InChI=1S/C28H17N2O2P/c1-8-20(18-6-4-14-29-16-18)26-24(12-1)33-25-13-2-9-21(19-7-5-15-30-17-19)27(25)32-23-11-3-10-22(31-26)28(23)33/h1-17H. The lowest BCUT2D eigenvalue weighted by Gasteiger charge is -2.36. The summed E-state index contributed by atoms with van der Waals surface area (Å²) in [7, 11) is -0.855. The summed E-state index contributed by atoms with van der Waals surface area (Å²) >= 11 is 0. The predicted molar refractivity (Wildman–Crippen MR) is 132 cm³/mol. The molecule has 33 heavy (non-hydrogen) atoms. The first-order chi connectivity index (χ1) is 16.4. The molecular weight excluding hydrogens is 427 g/mol. The predicted octanol–water partition coefficient (Wildman–Crippen LogP) is 5.78. The number of benzene rings is 3. The molecule has 0 atom stereocenters. The van der Waals surface area contributed by atoms with E-state index in [2.05, 4.69) is 58.5 Å². The number of fused-ring (bicyclic) bond motifs is 4. The monoisotopic (exact) mass is 444 g/mol. The Hall–Kier alpha value is -4.01. The summed E-state index contributed by atoms with van der Waals surface area (Å²) in [6.07, 6.45) is 7.35. The Balaban J connectivity index is 1.50. The Morgan fingerprint density at radius 3 is 1.55 bits per heavy atom. The van der Waals surface area contributed by atoms with Crippen LogP contribution in [-0.4, -0.2) is 9.97 Å². The molecule has 0 radical (unpaired) electrons. The van der Waals surface area contributed by atoms with Gasteiger partial charge in [-0.2, -0.15) is 0 Å². The number of pyridine rings is 2. The van der Waals surface area contributed by atoms with Gasteiger partial charge in [0.05, 0.1) is 5.30 Å². The molecule has 2 aliphatic heterocycles. The highest BCUT2D eigenvalue weighted by Crippen LogP contribution is 2.55. The normalized spacial score (nSPS) is 13.2. The van der Waals surface area contributed by atoms with Gasteiger partial charge in [0, 0.05) is 65.6 Å². The first-order valence-corrected chi connectivity index (χ1v) is 12.1. The maximum Gasteiger partial charge on any atom is 0.143 e. The molecule has 4 nitrogen and oxygen atoms in total. The number of hydrogen-bond donors (Lipinski definition) is 0. The number of hydrogen-bond acceptors (Lipinski definition) is 4. The Labute approximate surface area is 192 Å². The number of aromatic nitrogens is 2. The van der Waals surface area contributed by atoms with Gasteiger partial charge in [-0.1, -0.05) is 54.6 Å². The van der Waals surface area contributed by atoms with Gasteiger partial charge in [-0.25, -0.2) is 0 Å². The molecule has 156 valence electrons. The van der Waals surface area contributed by atoms with E-state index in [1.54, 1.807) is 12.4 Å². The van der Waals surface area contributed by atoms with Gasteiger partial charge in [0.25, 0.3) is 0 Å². The fraction of sp³-hybridized carbons (Fsp3) is 0. The van der Waals surface area contributed by atoms with E-state index in [9.17, 15) is 0 Å². The van der Waals surface area contributed by atoms with E-state index in [1.807, 2.05) is 42.7 Å². The van der Waals surface area contributed by atoms with Crippen molar-refractivity contribution in [3.05, 3.63) is 104 Å². The molecular formula is C28H17N2O2P. The minimum Gasteiger partial charge on any atom is -0.455 e. The SMILES string of the molecule is c1cncc(-c2cccc3c2Oc2cccc4c2P3c2cccc(-c3cccnc3)c2O4)c1. The van der Waals surface area contributed by atoms with Gasteiger partial charge >= 0.3 is 0 Å². The minimum absolute atomic E-state index is 0.855. The number of rotatable bonds is 2. The van der Waals surface area contributed by atoms with Crippen molar-refractivity contribution in [3.8, 4) is 45.3 Å². The second kappa shape index (κ2) is 7.26. The van der Waals surface area contributed by atoms with Gasteiger partial charge in [-0.3, -0.25) is 9.97 Å². The third-order valence-corrected chi connectivity index (χ3v) is 8.58.